The van der Waals surface area contributed by atoms with Crippen molar-refractivity contribution < 1.29 is 4.79 Å². The fourth-order valence-corrected chi connectivity index (χ4v) is 2.61. The molecule has 4 rings (SSSR count). The molecule has 0 bridgehead atoms. The van der Waals surface area contributed by atoms with Crippen LogP contribution in [0.1, 0.15) is 0 Å². The minimum absolute atomic E-state index is 0.162. The van der Waals surface area contributed by atoms with Gasteiger partial charge < -0.3 is 0 Å². The van der Waals surface area contributed by atoms with E-state index in [0.717, 1.165) is 26.7 Å². The average Bonchev–Trinajstić information content (AvgIpc) is 2.78. The van der Waals surface area contributed by atoms with Gasteiger partial charge in [-0.15, -0.1) is 0 Å². The van der Waals surface area contributed by atoms with E-state index >= 15 is 0 Å². The van der Waals surface area contributed by atoms with Crippen LogP contribution in [0.25, 0.3) is 27.6 Å². The van der Waals surface area contributed by atoms with Crippen molar-refractivity contribution in [3.8, 4) is 0 Å². The summed E-state index contributed by atoms with van der Waals surface area (Å²) in [4.78, 5) is 15.6. The Balaban J connectivity index is 2.40. The first-order valence-corrected chi connectivity index (χ1v) is 5.88. The number of hydrogen-bond acceptors (Lipinski definition) is 1. The maximum atomic E-state index is 11.5. The van der Waals surface area contributed by atoms with Crippen molar-refractivity contribution in [1.82, 2.24) is 0 Å². The van der Waals surface area contributed by atoms with E-state index < -0.39 is 0 Å². The zero-order valence-electron chi connectivity index (χ0n) is 9.55. The standard InChI is InChI=1S/C16H9NO/c18-14-9-12-8-7-11-6-5-10-3-1-2-4-13(10)15(11)16(12)17-14/h1-9H. The van der Waals surface area contributed by atoms with Gasteiger partial charge in [0.1, 0.15) is 0 Å². The summed E-state index contributed by atoms with van der Waals surface area (Å²) in [6, 6.07) is 16.4. The van der Waals surface area contributed by atoms with Gasteiger partial charge in [-0.3, -0.25) is 4.79 Å². The molecule has 0 saturated heterocycles. The van der Waals surface area contributed by atoms with Crippen molar-refractivity contribution in [3.63, 3.8) is 0 Å². The van der Waals surface area contributed by atoms with E-state index in [1.165, 1.54) is 5.39 Å². The summed E-state index contributed by atoms with van der Waals surface area (Å²) in [5, 5.41) is 6.26. The molecule has 1 aliphatic rings. The van der Waals surface area contributed by atoms with Crippen LogP contribution in [0.4, 0.5) is 0 Å². The second-order valence-corrected chi connectivity index (χ2v) is 4.48. The molecule has 2 nitrogen and oxygen atoms in total. The lowest BCUT2D eigenvalue weighted by atomic mass is 10.0. The number of amides is 1. The highest BCUT2D eigenvalue weighted by Crippen LogP contribution is 2.21. The molecule has 0 atom stereocenters. The lowest BCUT2D eigenvalue weighted by Crippen LogP contribution is -2.21. The molecule has 0 spiro atoms. The third-order valence-electron chi connectivity index (χ3n) is 3.41. The maximum absolute atomic E-state index is 11.5. The highest BCUT2D eigenvalue weighted by Gasteiger charge is 2.09. The number of benzene rings is 3. The summed E-state index contributed by atoms with van der Waals surface area (Å²) < 4.78 is 0. The van der Waals surface area contributed by atoms with Crippen LogP contribution in [-0.2, 0) is 4.79 Å². The van der Waals surface area contributed by atoms with Gasteiger partial charge in [0.25, 0.3) is 5.91 Å². The number of carbonyl (C=O) groups excluding carboxylic acids is 1. The van der Waals surface area contributed by atoms with Gasteiger partial charge >= 0.3 is 0 Å². The molecule has 3 aromatic rings. The molecule has 0 radical (unpaired) electrons. The van der Waals surface area contributed by atoms with E-state index in [1.807, 2.05) is 24.3 Å². The van der Waals surface area contributed by atoms with Crippen molar-refractivity contribution in [1.29, 1.82) is 0 Å². The van der Waals surface area contributed by atoms with Gasteiger partial charge in [-0.25, -0.2) is 4.99 Å². The Kier molecular flexibility index (Phi) is 1.73. The zero-order valence-corrected chi connectivity index (χ0v) is 9.55. The second kappa shape index (κ2) is 3.26. The summed E-state index contributed by atoms with van der Waals surface area (Å²) >= 11 is 0. The molecule has 18 heavy (non-hydrogen) atoms. The molecule has 0 fully saturated rings. The molecule has 1 aliphatic heterocycles. The first-order chi connectivity index (χ1) is 8.83. The summed E-state index contributed by atoms with van der Waals surface area (Å²) in [6.07, 6.45) is 1.59. The Bertz CT molecular complexity index is 938. The van der Waals surface area contributed by atoms with Crippen LogP contribution in [-0.4, -0.2) is 5.91 Å². The Morgan fingerprint density at radius 1 is 0.833 bits per heavy atom. The first kappa shape index (κ1) is 9.54. The van der Waals surface area contributed by atoms with Crippen LogP contribution in [0.15, 0.2) is 53.5 Å². The fourth-order valence-electron chi connectivity index (χ4n) is 2.61. The van der Waals surface area contributed by atoms with Crippen LogP contribution in [0.2, 0.25) is 0 Å². The van der Waals surface area contributed by atoms with Crippen LogP contribution in [0.5, 0.6) is 0 Å². The van der Waals surface area contributed by atoms with Crippen molar-refractivity contribution in [3.05, 3.63) is 59.1 Å². The molecule has 1 amide bonds. The summed E-state index contributed by atoms with van der Waals surface area (Å²) in [5.41, 5.74) is 0. The van der Waals surface area contributed by atoms with Gasteiger partial charge in [-0.2, -0.15) is 0 Å². The van der Waals surface area contributed by atoms with Crippen LogP contribution >= 0.6 is 0 Å². The summed E-state index contributed by atoms with van der Waals surface area (Å²) in [5.74, 6) is -0.162. The summed E-state index contributed by atoms with van der Waals surface area (Å²) in [6.45, 7) is 0. The average molecular weight is 231 g/mol. The highest BCUT2D eigenvalue weighted by atomic mass is 16.1. The largest absolute Gasteiger partial charge is 0.270 e. The van der Waals surface area contributed by atoms with Gasteiger partial charge in [-0.05, 0) is 16.2 Å². The maximum Gasteiger partial charge on any atom is 0.270 e. The van der Waals surface area contributed by atoms with Crippen molar-refractivity contribution >= 4 is 33.5 Å². The van der Waals surface area contributed by atoms with E-state index in [-0.39, 0.29) is 5.91 Å². The molecule has 0 saturated carbocycles. The third-order valence-corrected chi connectivity index (χ3v) is 3.41. The van der Waals surface area contributed by atoms with Crippen LogP contribution in [0.3, 0.4) is 0 Å². The van der Waals surface area contributed by atoms with E-state index in [4.69, 9.17) is 0 Å². The third kappa shape index (κ3) is 1.17. The molecule has 1 heterocycles. The number of fused-ring (bicyclic) bond motifs is 5. The Morgan fingerprint density at radius 3 is 2.56 bits per heavy atom. The van der Waals surface area contributed by atoms with Gasteiger partial charge in [-0.1, -0.05) is 48.5 Å². The number of hydrogen-bond donors (Lipinski definition) is 0. The lowest BCUT2D eigenvalue weighted by molar-refractivity contribution is -0.112. The molecule has 0 aromatic heterocycles. The Morgan fingerprint density at radius 2 is 1.61 bits per heavy atom. The molecular weight excluding hydrogens is 222 g/mol. The summed E-state index contributed by atoms with van der Waals surface area (Å²) in [7, 11) is 0. The minimum atomic E-state index is -0.162. The number of carbonyl (C=O) groups is 1. The normalized spacial score (nSPS) is 13.4. The molecule has 0 aliphatic carbocycles. The topological polar surface area (TPSA) is 29.4 Å². The van der Waals surface area contributed by atoms with Gasteiger partial charge in [0.2, 0.25) is 0 Å². The molecular formula is C16H9NO. The van der Waals surface area contributed by atoms with E-state index in [9.17, 15) is 4.79 Å². The molecule has 84 valence electrons. The number of rotatable bonds is 0. The number of nitrogens with zero attached hydrogens (tertiary/aromatic N) is 1. The van der Waals surface area contributed by atoms with E-state index in [1.54, 1.807) is 6.08 Å². The fraction of sp³-hybridized carbons (Fsp3) is 0. The quantitative estimate of drug-likeness (QED) is 0.544. The molecule has 2 heteroatoms. The Hall–Kier alpha value is -2.48. The second-order valence-electron chi connectivity index (χ2n) is 4.48. The predicted molar refractivity (Wildman–Crippen MR) is 71.7 cm³/mol. The zero-order chi connectivity index (χ0) is 12.1. The van der Waals surface area contributed by atoms with Gasteiger partial charge in [0, 0.05) is 16.7 Å². The molecule has 0 unspecified atom stereocenters. The van der Waals surface area contributed by atoms with Crippen molar-refractivity contribution in [2.75, 3.05) is 0 Å². The van der Waals surface area contributed by atoms with Crippen LogP contribution in [0, 0.1) is 0 Å². The Labute approximate surface area is 103 Å². The first-order valence-electron chi connectivity index (χ1n) is 5.88. The molecule has 3 aromatic carbocycles. The minimum Gasteiger partial charge on any atom is -0.267 e. The molecule has 0 N–H and O–H groups in total. The SMILES string of the molecule is O=C1C=c2ccc3ccc4ccccc4c3c2=N1. The van der Waals surface area contributed by atoms with Crippen molar-refractivity contribution in [2.45, 2.75) is 0 Å². The van der Waals surface area contributed by atoms with Crippen molar-refractivity contribution in [2.24, 2.45) is 4.99 Å². The van der Waals surface area contributed by atoms with Gasteiger partial charge in [0.15, 0.2) is 0 Å². The highest BCUT2D eigenvalue weighted by molar-refractivity contribution is 6.11. The predicted octanol–water partition coefficient (Wildman–Crippen LogP) is 1.93. The van der Waals surface area contributed by atoms with E-state index in [2.05, 4.69) is 29.3 Å². The van der Waals surface area contributed by atoms with Gasteiger partial charge in [0.05, 0.1) is 5.36 Å². The van der Waals surface area contributed by atoms with Crippen LogP contribution < -0.4 is 10.6 Å². The van der Waals surface area contributed by atoms with E-state index in [0.29, 0.717) is 0 Å². The smallest absolute Gasteiger partial charge is 0.267 e. The monoisotopic (exact) mass is 231 g/mol. The lowest BCUT2D eigenvalue weighted by Gasteiger charge is -2.03.